The van der Waals surface area contributed by atoms with Gasteiger partial charge in [-0.15, -0.1) is 0 Å². The minimum absolute atomic E-state index is 0.0911. The first-order valence-electron chi connectivity index (χ1n) is 6.65. The molecule has 0 heterocycles. The standard InChI is InChI=1S/C17H18BrNO/c1-11(2)13-7-9-14(10-8-13)17(20)19-15-6-4-5-12(3)16(15)18/h4-11H,1-3H3,(H,19,20). The van der Waals surface area contributed by atoms with E-state index in [0.29, 0.717) is 11.5 Å². The van der Waals surface area contributed by atoms with Crippen molar-refractivity contribution in [2.75, 3.05) is 5.32 Å². The van der Waals surface area contributed by atoms with Gasteiger partial charge in [0.1, 0.15) is 0 Å². The molecule has 0 spiro atoms. The van der Waals surface area contributed by atoms with Crippen LogP contribution in [0, 0.1) is 6.92 Å². The molecule has 0 aliphatic heterocycles. The molecular weight excluding hydrogens is 314 g/mol. The molecule has 0 radical (unpaired) electrons. The van der Waals surface area contributed by atoms with Crippen LogP contribution in [0.4, 0.5) is 5.69 Å². The number of nitrogens with one attached hydrogen (secondary N) is 1. The summed E-state index contributed by atoms with van der Waals surface area (Å²) < 4.78 is 0.923. The Morgan fingerprint density at radius 2 is 1.75 bits per heavy atom. The molecule has 0 bridgehead atoms. The minimum atomic E-state index is -0.0911. The zero-order valence-corrected chi connectivity index (χ0v) is 13.5. The van der Waals surface area contributed by atoms with Crippen LogP contribution < -0.4 is 5.32 Å². The van der Waals surface area contributed by atoms with Gasteiger partial charge in [-0.3, -0.25) is 4.79 Å². The van der Waals surface area contributed by atoms with Crippen LogP contribution in [-0.2, 0) is 0 Å². The lowest BCUT2D eigenvalue weighted by molar-refractivity contribution is 0.102. The van der Waals surface area contributed by atoms with E-state index in [1.807, 2.05) is 49.4 Å². The summed E-state index contributed by atoms with van der Waals surface area (Å²) in [5.74, 6) is 0.379. The van der Waals surface area contributed by atoms with Crippen molar-refractivity contribution >= 4 is 27.5 Å². The third-order valence-electron chi connectivity index (χ3n) is 3.28. The van der Waals surface area contributed by atoms with E-state index >= 15 is 0 Å². The highest BCUT2D eigenvalue weighted by Gasteiger charge is 2.09. The van der Waals surface area contributed by atoms with E-state index < -0.39 is 0 Å². The number of carbonyl (C=O) groups excluding carboxylic acids is 1. The van der Waals surface area contributed by atoms with Crippen LogP contribution >= 0.6 is 15.9 Å². The van der Waals surface area contributed by atoms with E-state index in [0.717, 1.165) is 15.7 Å². The summed E-state index contributed by atoms with van der Waals surface area (Å²) in [6, 6.07) is 13.6. The molecule has 0 saturated heterocycles. The maximum Gasteiger partial charge on any atom is 0.255 e. The minimum Gasteiger partial charge on any atom is -0.321 e. The molecule has 0 fully saturated rings. The van der Waals surface area contributed by atoms with Crippen molar-refractivity contribution in [3.63, 3.8) is 0 Å². The summed E-state index contributed by atoms with van der Waals surface area (Å²) in [7, 11) is 0. The van der Waals surface area contributed by atoms with Gasteiger partial charge in [-0.1, -0.05) is 38.1 Å². The van der Waals surface area contributed by atoms with Crippen molar-refractivity contribution in [1.29, 1.82) is 0 Å². The Morgan fingerprint density at radius 3 is 2.35 bits per heavy atom. The molecule has 2 rings (SSSR count). The second-order valence-electron chi connectivity index (χ2n) is 5.17. The van der Waals surface area contributed by atoms with Gasteiger partial charge < -0.3 is 5.32 Å². The molecule has 0 unspecified atom stereocenters. The van der Waals surface area contributed by atoms with Crippen LogP contribution in [-0.4, -0.2) is 5.91 Å². The Morgan fingerprint density at radius 1 is 1.10 bits per heavy atom. The average molecular weight is 332 g/mol. The number of benzene rings is 2. The monoisotopic (exact) mass is 331 g/mol. The van der Waals surface area contributed by atoms with E-state index in [2.05, 4.69) is 35.1 Å². The second-order valence-corrected chi connectivity index (χ2v) is 5.96. The summed E-state index contributed by atoms with van der Waals surface area (Å²) in [5.41, 5.74) is 3.79. The maximum atomic E-state index is 12.2. The first-order valence-corrected chi connectivity index (χ1v) is 7.44. The van der Waals surface area contributed by atoms with Gasteiger partial charge in [-0.25, -0.2) is 0 Å². The molecule has 20 heavy (non-hydrogen) atoms. The van der Waals surface area contributed by atoms with E-state index in [-0.39, 0.29) is 5.91 Å². The van der Waals surface area contributed by atoms with Crippen LogP contribution in [0.5, 0.6) is 0 Å². The predicted octanol–water partition coefficient (Wildman–Crippen LogP) is 5.13. The Hall–Kier alpha value is -1.61. The molecule has 0 aliphatic carbocycles. The van der Waals surface area contributed by atoms with Crippen LogP contribution in [0.3, 0.4) is 0 Å². The van der Waals surface area contributed by atoms with Gasteiger partial charge in [0.15, 0.2) is 0 Å². The van der Waals surface area contributed by atoms with Crippen LogP contribution in [0.25, 0.3) is 0 Å². The molecule has 3 heteroatoms. The fourth-order valence-corrected chi connectivity index (χ4v) is 2.32. The quantitative estimate of drug-likeness (QED) is 0.829. The molecule has 1 amide bonds. The van der Waals surface area contributed by atoms with E-state index in [4.69, 9.17) is 0 Å². The number of aryl methyl sites for hydroxylation is 1. The third kappa shape index (κ3) is 3.28. The highest BCUT2D eigenvalue weighted by molar-refractivity contribution is 9.10. The van der Waals surface area contributed by atoms with Crippen molar-refractivity contribution in [2.45, 2.75) is 26.7 Å². The zero-order valence-electron chi connectivity index (χ0n) is 11.9. The number of hydrogen-bond donors (Lipinski definition) is 1. The molecular formula is C17H18BrNO. The SMILES string of the molecule is Cc1cccc(NC(=O)c2ccc(C(C)C)cc2)c1Br. The highest BCUT2D eigenvalue weighted by atomic mass is 79.9. The molecule has 1 N–H and O–H groups in total. The normalized spacial score (nSPS) is 10.7. The third-order valence-corrected chi connectivity index (χ3v) is 4.33. The van der Waals surface area contributed by atoms with Crippen molar-refractivity contribution in [3.8, 4) is 0 Å². The molecule has 0 atom stereocenters. The van der Waals surface area contributed by atoms with Gasteiger partial charge in [0.2, 0.25) is 0 Å². The van der Waals surface area contributed by atoms with Crippen LogP contribution in [0.1, 0.15) is 41.3 Å². The average Bonchev–Trinajstić information content (AvgIpc) is 2.44. The van der Waals surface area contributed by atoms with Crippen LogP contribution in [0.15, 0.2) is 46.9 Å². The van der Waals surface area contributed by atoms with Crippen molar-refractivity contribution in [2.24, 2.45) is 0 Å². The van der Waals surface area contributed by atoms with Gasteiger partial charge in [-0.2, -0.15) is 0 Å². The highest BCUT2D eigenvalue weighted by Crippen LogP contribution is 2.26. The number of rotatable bonds is 3. The predicted molar refractivity (Wildman–Crippen MR) is 87.4 cm³/mol. The van der Waals surface area contributed by atoms with Crippen molar-refractivity contribution in [1.82, 2.24) is 0 Å². The lowest BCUT2D eigenvalue weighted by atomic mass is 10.0. The summed E-state index contributed by atoms with van der Waals surface area (Å²) in [4.78, 5) is 12.2. The topological polar surface area (TPSA) is 29.1 Å². The summed E-state index contributed by atoms with van der Waals surface area (Å²) >= 11 is 3.50. The summed E-state index contributed by atoms with van der Waals surface area (Å²) in [6.07, 6.45) is 0. The first-order chi connectivity index (χ1) is 9.49. The van der Waals surface area contributed by atoms with Gasteiger partial charge in [0, 0.05) is 10.0 Å². The Bertz CT molecular complexity index is 617. The molecule has 0 saturated carbocycles. The lowest BCUT2D eigenvalue weighted by Gasteiger charge is -2.10. The fraction of sp³-hybridized carbons (Fsp3) is 0.235. The molecule has 2 nitrogen and oxygen atoms in total. The number of hydrogen-bond acceptors (Lipinski definition) is 1. The van der Waals surface area contributed by atoms with E-state index in [1.54, 1.807) is 0 Å². The Kier molecular flexibility index (Phi) is 4.61. The van der Waals surface area contributed by atoms with Crippen LogP contribution in [0.2, 0.25) is 0 Å². The largest absolute Gasteiger partial charge is 0.321 e. The summed E-state index contributed by atoms with van der Waals surface area (Å²) in [5, 5.41) is 2.93. The van der Waals surface area contributed by atoms with E-state index in [9.17, 15) is 4.79 Å². The van der Waals surface area contributed by atoms with Gasteiger partial charge in [-0.05, 0) is 58.1 Å². The molecule has 0 aliphatic rings. The fourth-order valence-electron chi connectivity index (χ4n) is 1.96. The lowest BCUT2D eigenvalue weighted by Crippen LogP contribution is -2.12. The van der Waals surface area contributed by atoms with Crippen molar-refractivity contribution in [3.05, 3.63) is 63.6 Å². The molecule has 0 aromatic heterocycles. The van der Waals surface area contributed by atoms with Gasteiger partial charge >= 0.3 is 0 Å². The molecule has 2 aromatic rings. The number of anilines is 1. The van der Waals surface area contributed by atoms with Crippen molar-refractivity contribution < 1.29 is 4.79 Å². The second kappa shape index (κ2) is 6.23. The Labute approximate surface area is 128 Å². The first kappa shape index (κ1) is 14.8. The van der Waals surface area contributed by atoms with Gasteiger partial charge in [0.05, 0.1) is 5.69 Å². The zero-order chi connectivity index (χ0) is 14.7. The Balaban J connectivity index is 2.18. The summed E-state index contributed by atoms with van der Waals surface area (Å²) in [6.45, 7) is 6.27. The number of halogens is 1. The molecule has 104 valence electrons. The number of amides is 1. The van der Waals surface area contributed by atoms with Gasteiger partial charge in [0.25, 0.3) is 5.91 Å². The van der Waals surface area contributed by atoms with E-state index in [1.165, 1.54) is 5.56 Å². The molecule has 2 aromatic carbocycles. The smallest absolute Gasteiger partial charge is 0.255 e. The maximum absolute atomic E-state index is 12.2. The number of carbonyl (C=O) groups is 1.